The average molecular weight is 486 g/mol. The number of amides is 2. The lowest BCUT2D eigenvalue weighted by Gasteiger charge is -2.38. The normalized spacial score (nSPS) is 11.9. The van der Waals surface area contributed by atoms with Gasteiger partial charge in [-0.05, 0) is 56.0 Å². The van der Waals surface area contributed by atoms with Crippen molar-refractivity contribution in [2.45, 2.75) is 66.6 Å². The molecule has 7 nitrogen and oxygen atoms in total. The Morgan fingerprint density at radius 3 is 2.29 bits per heavy atom. The number of carbonyl (C=O) groups is 2. The van der Waals surface area contributed by atoms with Gasteiger partial charge in [0.1, 0.15) is 5.75 Å². The van der Waals surface area contributed by atoms with Gasteiger partial charge in [-0.2, -0.15) is 0 Å². The highest BCUT2D eigenvalue weighted by molar-refractivity contribution is 5.85. The molecule has 2 amide bonds. The van der Waals surface area contributed by atoms with Crippen LogP contribution >= 0.6 is 0 Å². The molecule has 7 heteroatoms. The fourth-order valence-electron chi connectivity index (χ4n) is 3.88. The third-order valence-corrected chi connectivity index (χ3v) is 5.77. The van der Waals surface area contributed by atoms with Crippen LogP contribution in [0.1, 0.15) is 59.2 Å². The molecule has 1 aromatic heterocycles. The maximum Gasteiger partial charge on any atom is 0.242 e. The zero-order valence-corrected chi connectivity index (χ0v) is 22.8. The first-order valence-electron chi connectivity index (χ1n) is 12.2. The standard InChI is InChI=1S/C28H43N3O4/c1-27(2,3)18-25(32)30(15-16-34-7)21-26(33)31(28(4,5)6)20-23-12-10-14-29(23)19-22-11-9-13-24(17-22)35-8/h9-14,17H,15-16,18-21H2,1-8H3. The van der Waals surface area contributed by atoms with Gasteiger partial charge in [0.25, 0.3) is 0 Å². The van der Waals surface area contributed by atoms with Crippen molar-refractivity contribution in [1.82, 2.24) is 14.4 Å². The van der Waals surface area contributed by atoms with Crippen LogP contribution in [0.15, 0.2) is 42.6 Å². The fourth-order valence-corrected chi connectivity index (χ4v) is 3.88. The summed E-state index contributed by atoms with van der Waals surface area (Å²) in [5, 5.41) is 0. The van der Waals surface area contributed by atoms with Gasteiger partial charge in [0.15, 0.2) is 0 Å². The SMILES string of the molecule is COCCN(CC(=O)N(Cc1cccn1Cc1cccc(OC)c1)C(C)(C)C)C(=O)CC(C)(C)C. The number of ether oxygens (including phenoxy) is 2. The van der Waals surface area contributed by atoms with Gasteiger partial charge in [0, 0.05) is 44.0 Å². The van der Waals surface area contributed by atoms with Crippen LogP contribution in [0, 0.1) is 5.41 Å². The molecule has 0 saturated carbocycles. The van der Waals surface area contributed by atoms with Gasteiger partial charge in [-0.3, -0.25) is 9.59 Å². The number of nitrogens with zero attached hydrogens (tertiary/aromatic N) is 3. The molecule has 194 valence electrons. The van der Waals surface area contributed by atoms with Crippen molar-refractivity contribution in [1.29, 1.82) is 0 Å². The molecule has 2 aromatic rings. The van der Waals surface area contributed by atoms with Gasteiger partial charge in [-0.25, -0.2) is 0 Å². The van der Waals surface area contributed by atoms with Gasteiger partial charge in [0.2, 0.25) is 11.8 Å². The lowest BCUT2D eigenvalue weighted by atomic mass is 9.91. The second kappa shape index (κ2) is 12.2. The largest absolute Gasteiger partial charge is 0.497 e. The number of methoxy groups -OCH3 is 2. The van der Waals surface area contributed by atoms with Crippen molar-refractivity contribution in [3.63, 3.8) is 0 Å². The monoisotopic (exact) mass is 485 g/mol. The van der Waals surface area contributed by atoms with Gasteiger partial charge < -0.3 is 23.8 Å². The minimum atomic E-state index is -0.415. The van der Waals surface area contributed by atoms with Crippen LogP contribution < -0.4 is 4.74 Å². The molecule has 0 aliphatic carbocycles. The van der Waals surface area contributed by atoms with Crippen LogP contribution in [0.25, 0.3) is 0 Å². The van der Waals surface area contributed by atoms with Crippen LogP contribution in [-0.2, 0) is 27.4 Å². The number of hydrogen-bond donors (Lipinski definition) is 0. The summed E-state index contributed by atoms with van der Waals surface area (Å²) in [6.45, 7) is 14.1. The Labute approximate surface area is 211 Å². The molecule has 0 aliphatic rings. The summed E-state index contributed by atoms with van der Waals surface area (Å²) in [7, 11) is 3.27. The highest BCUT2D eigenvalue weighted by Gasteiger charge is 2.30. The molecule has 0 atom stereocenters. The Morgan fingerprint density at radius 2 is 1.69 bits per heavy atom. The molecule has 1 heterocycles. The summed E-state index contributed by atoms with van der Waals surface area (Å²) < 4.78 is 12.7. The second-order valence-corrected chi connectivity index (χ2v) is 11.2. The van der Waals surface area contributed by atoms with Crippen molar-refractivity contribution in [3.8, 4) is 5.75 Å². The Balaban J connectivity index is 2.22. The molecule has 0 bridgehead atoms. The molecule has 0 radical (unpaired) electrons. The van der Waals surface area contributed by atoms with Gasteiger partial charge >= 0.3 is 0 Å². The molecule has 0 aliphatic heterocycles. The van der Waals surface area contributed by atoms with Gasteiger partial charge in [-0.1, -0.05) is 32.9 Å². The van der Waals surface area contributed by atoms with Crippen LogP contribution in [0.5, 0.6) is 5.75 Å². The Bertz CT molecular complexity index is 969. The van der Waals surface area contributed by atoms with E-state index >= 15 is 0 Å². The molecule has 0 saturated heterocycles. The molecule has 2 rings (SSSR count). The Morgan fingerprint density at radius 1 is 0.971 bits per heavy atom. The summed E-state index contributed by atoms with van der Waals surface area (Å²) in [4.78, 5) is 30.0. The smallest absolute Gasteiger partial charge is 0.242 e. The zero-order valence-electron chi connectivity index (χ0n) is 22.8. The maximum absolute atomic E-state index is 13.6. The van der Waals surface area contributed by atoms with E-state index in [4.69, 9.17) is 9.47 Å². The number of hydrogen-bond acceptors (Lipinski definition) is 4. The van der Waals surface area contributed by atoms with E-state index < -0.39 is 5.54 Å². The highest BCUT2D eigenvalue weighted by Crippen LogP contribution is 2.22. The number of aromatic nitrogens is 1. The van der Waals surface area contributed by atoms with Crippen molar-refractivity contribution in [2.75, 3.05) is 33.9 Å². The molecule has 35 heavy (non-hydrogen) atoms. The Hall–Kier alpha value is -2.80. The third kappa shape index (κ3) is 9.06. The number of benzene rings is 1. The van der Waals surface area contributed by atoms with Crippen LogP contribution in [0.4, 0.5) is 0 Å². The molecule has 0 fully saturated rings. The van der Waals surface area contributed by atoms with E-state index in [2.05, 4.69) is 10.6 Å². The third-order valence-electron chi connectivity index (χ3n) is 5.77. The number of rotatable bonds is 11. The van der Waals surface area contributed by atoms with Crippen LogP contribution in [-0.4, -0.2) is 65.6 Å². The summed E-state index contributed by atoms with van der Waals surface area (Å²) >= 11 is 0. The molecule has 0 N–H and O–H groups in total. The van der Waals surface area contributed by atoms with Crippen LogP contribution in [0.3, 0.4) is 0 Å². The molecular formula is C28H43N3O4. The highest BCUT2D eigenvalue weighted by atomic mass is 16.5. The van der Waals surface area contributed by atoms with E-state index in [9.17, 15) is 9.59 Å². The Kier molecular flexibility index (Phi) is 9.95. The first kappa shape index (κ1) is 28.4. The van der Waals surface area contributed by atoms with Crippen molar-refractivity contribution >= 4 is 11.8 Å². The van der Waals surface area contributed by atoms with Gasteiger partial charge in [0.05, 0.1) is 26.8 Å². The van der Waals surface area contributed by atoms with Crippen molar-refractivity contribution in [2.24, 2.45) is 5.41 Å². The fraction of sp³-hybridized carbons (Fsp3) is 0.571. The zero-order chi connectivity index (χ0) is 26.2. The van der Waals surface area contributed by atoms with Crippen molar-refractivity contribution < 1.29 is 19.1 Å². The summed E-state index contributed by atoms with van der Waals surface area (Å²) in [5.41, 5.74) is 1.58. The molecule has 0 unspecified atom stereocenters. The van der Waals surface area contributed by atoms with Gasteiger partial charge in [-0.15, -0.1) is 0 Å². The molecule has 1 aromatic carbocycles. The maximum atomic E-state index is 13.6. The summed E-state index contributed by atoms with van der Waals surface area (Å²) in [5.74, 6) is 0.710. The molecule has 0 spiro atoms. The van der Waals surface area contributed by atoms with E-state index in [0.717, 1.165) is 17.0 Å². The van der Waals surface area contributed by atoms with E-state index in [1.165, 1.54) is 0 Å². The summed E-state index contributed by atoms with van der Waals surface area (Å²) in [6.07, 6.45) is 2.40. The summed E-state index contributed by atoms with van der Waals surface area (Å²) in [6, 6.07) is 12.0. The van der Waals surface area contributed by atoms with E-state index in [1.54, 1.807) is 19.1 Å². The topological polar surface area (TPSA) is 64.0 Å². The lowest BCUT2D eigenvalue weighted by molar-refractivity contribution is -0.145. The van der Waals surface area contributed by atoms with E-state index in [0.29, 0.717) is 32.7 Å². The van der Waals surface area contributed by atoms with E-state index in [-0.39, 0.29) is 23.8 Å². The second-order valence-electron chi connectivity index (χ2n) is 11.2. The lowest BCUT2D eigenvalue weighted by Crippen LogP contribution is -2.51. The first-order valence-corrected chi connectivity index (χ1v) is 12.2. The molecular weight excluding hydrogens is 442 g/mol. The van der Waals surface area contributed by atoms with Crippen LogP contribution in [0.2, 0.25) is 0 Å². The average Bonchev–Trinajstić information content (AvgIpc) is 3.19. The minimum absolute atomic E-state index is 0.0295. The van der Waals surface area contributed by atoms with Crippen molar-refractivity contribution in [3.05, 3.63) is 53.9 Å². The predicted octanol–water partition coefficient (Wildman–Crippen LogP) is 4.58. The predicted molar refractivity (Wildman–Crippen MR) is 139 cm³/mol. The minimum Gasteiger partial charge on any atom is -0.497 e. The quantitative estimate of drug-likeness (QED) is 0.467. The van der Waals surface area contributed by atoms with E-state index in [1.807, 2.05) is 83.0 Å². The first-order chi connectivity index (χ1) is 16.3. The number of carbonyl (C=O) groups excluding carboxylic acids is 2.